The summed E-state index contributed by atoms with van der Waals surface area (Å²) in [4.78, 5) is 58.3. The van der Waals surface area contributed by atoms with Gasteiger partial charge in [-0.05, 0) is 31.2 Å². The molecule has 33 heavy (non-hydrogen) atoms. The van der Waals surface area contributed by atoms with Gasteiger partial charge in [-0.3, -0.25) is 18.7 Å². The summed E-state index contributed by atoms with van der Waals surface area (Å²) in [6, 6.07) is 6.35. The molecule has 0 aliphatic heterocycles. The van der Waals surface area contributed by atoms with E-state index >= 15 is 0 Å². The quantitative estimate of drug-likeness (QED) is 0.315. The smallest absolute Gasteiger partial charge is 0.338 e. The van der Waals surface area contributed by atoms with Crippen LogP contribution in [-0.4, -0.2) is 43.3 Å². The van der Waals surface area contributed by atoms with Crippen molar-refractivity contribution in [2.45, 2.75) is 31.7 Å². The molecule has 0 saturated carbocycles. The van der Waals surface area contributed by atoms with Crippen molar-refractivity contribution in [3.05, 3.63) is 56.5 Å². The molecule has 0 fully saturated rings. The van der Waals surface area contributed by atoms with Crippen LogP contribution in [0.3, 0.4) is 0 Å². The number of aromatic nitrogens is 4. The lowest BCUT2D eigenvalue weighted by Crippen LogP contribution is -2.38. The Morgan fingerprint density at radius 2 is 1.76 bits per heavy atom. The molecule has 0 spiro atoms. The summed E-state index contributed by atoms with van der Waals surface area (Å²) in [5, 5.41) is 3.28. The summed E-state index contributed by atoms with van der Waals surface area (Å²) in [6.45, 7) is 5.81. The maximum absolute atomic E-state index is 12.8. The van der Waals surface area contributed by atoms with E-state index in [1.165, 1.54) is 11.6 Å². The topological polar surface area (TPSA) is 125 Å². The lowest BCUT2D eigenvalue weighted by Gasteiger charge is -2.13. The first-order valence-corrected chi connectivity index (χ1v) is 11.3. The van der Waals surface area contributed by atoms with Crippen molar-refractivity contribution < 1.29 is 14.3 Å². The molecule has 0 aliphatic rings. The molecular weight excluding hydrogens is 446 g/mol. The van der Waals surface area contributed by atoms with E-state index in [9.17, 15) is 19.2 Å². The van der Waals surface area contributed by atoms with E-state index in [2.05, 4.69) is 15.3 Å². The van der Waals surface area contributed by atoms with Gasteiger partial charge in [0.2, 0.25) is 5.91 Å². The summed E-state index contributed by atoms with van der Waals surface area (Å²) in [5.41, 5.74) is 0.141. The Bertz CT molecular complexity index is 1330. The fourth-order valence-corrected chi connectivity index (χ4v) is 3.86. The normalized spacial score (nSPS) is 11.1. The lowest BCUT2D eigenvalue weighted by molar-refractivity contribution is -0.113. The van der Waals surface area contributed by atoms with Crippen molar-refractivity contribution in [1.82, 2.24) is 19.1 Å². The molecule has 0 bridgehead atoms. The molecule has 0 atom stereocenters. The fraction of sp³-hybridized carbons (Fsp3) is 0.364. The molecule has 11 heteroatoms. The molecule has 174 valence electrons. The van der Waals surface area contributed by atoms with Crippen molar-refractivity contribution in [2.75, 3.05) is 17.7 Å². The number of benzene rings is 1. The Kier molecular flexibility index (Phi) is 7.32. The second-order valence-corrected chi connectivity index (χ2v) is 8.54. The van der Waals surface area contributed by atoms with Crippen molar-refractivity contribution >= 4 is 40.4 Å². The van der Waals surface area contributed by atoms with Crippen LogP contribution in [0.5, 0.6) is 0 Å². The third-order valence-corrected chi connectivity index (χ3v) is 5.80. The third kappa shape index (κ3) is 5.14. The van der Waals surface area contributed by atoms with Crippen molar-refractivity contribution in [1.29, 1.82) is 0 Å². The maximum atomic E-state index is 12.8. The molecule has 1 N–H and O–H groups in total. The molecule has 0 aliphatic carbocycles. The number of carbonyl (C=O) groups is 2. The number of hydrogen-bond acceptors (Lipinski definition) is 8. The van der Waals surface area contributed by atoms with E-state index in [-0.39, 0.29) is 35.2 Å². The monoisotopic (exact) mass is 471 g/mol. The van der Waals surface area contributed by atoms with Gasteiger partial charge in [0.15, 0.2) is 5.65 Å². The minimum absolute atomic E-state index is 0.0186. The van der Waals surface area contributed by atoms with Crippen molar-refractivity contribution in [3.63, 3.8) is 0 Å². The lowest BCUT2D eigenvalue weighted by atomic mass is 10.2. The zero-order valence-corrected chi connectivity index (χ0v) is 19.9. The van der Waals surface area contributed by atoms with Gasteiger partial charge in [-0.1, -0.05) is 25.6 Å². The standard InChI is InChI=1S/C22H25N5O5S/c1-6-32-21(30)13-7-9-14(10-8-13)23-15(28)11-33-19-16-18(24-17(25-19)12(2)3)26(4)22(31)27(5)20(16)29/h7-10,12H,6,11H2,1-5H3,(H,23,28). The Morgan fingerprint density at radius 1 is 1.09 bits per heavy atom. The number of aryl methyl sites for hydroxylation is 1. The molecule has 0 radical (unpaired) electrons. The number of thioether (sulfide) groups is 1. The Hall–Kier alpha value is -3.47. The van der Waals surface area contributed by atoms with Crippen LogP contribution >= 0.6 is 11.8 Å². The average Bonchev–Trinajstić information content (AvgIpc) is 2.79. The van der Waals surface area contributed by atoms with Gasteiger partial charge in [0, 0.05) is 25.7 Å². The Labute approximate surface area is 194 Å². The second-order valence-electron chi connectivity index (χ2n) is 7.58. The van der Waals surface area contributed by atoms with Crippen LogP contribution in [0.4, 0.5) is 5.69 Å². The first-order chi connectivity index (χ1) is 15.6. The van der Waals surface area contributed by atoms with Crippen LogP contribution in [-0.2, 0) is 23.6 Å². The van der Waals surface area contributed by atoms with E-state index in [4.69, 9.17) is 4.74 Å². The van der Waals surface area contributed by atoms with Crippen LogP contribution in [0.15, 0.2) is 38.9 Å². The highest BCUT2D eigenvalue weighted by Gasteiger charge is 2.19. The molecule has 1 aromatic carbocycles. The second kappa shape index (κ2) is 9.99. The number of hydrogen-bond donors (Lipinski definition) is 1. The van der Waals surface area contributed by atoms with Crippen molar-refractivity contribution in [3.8, 4) is 0 Å². The molecule has 2 heterocycles. The summed E-state index contributed by atoms with van der Waals surface area (Å²) in [5.74, 6) is -0.334. The average molecular weight is 472 g/mol. The van der Waals surface area contributed by atoms with E-state index in [1.54, 1.807) is 38.2 Å². The number of nitrogens with zero attached hydrogens (tertiary/aromatic N) is 4. The number of rotatable bonds is 7. The van der Waals surface area contributed by atoms with Gasteiger partial charge < -0.3 is 10.1 Å². The predicted octanol–water partition coefficient (Wildman–Crippen LogP) is 2.06. The SMILES string of the molecule is CCOC(=O)c1ccc(NC(=O)CSc2nc(C(C)C)nc3c2c(=O)n(C)c(=O)n3C)cc1. The van der Waals surface area contributed by atoms with Gasteiger partial charge in [0.05, 0.1) is 17.9 Å². The van der Waals surface area contributed by atoms with Gasteiger partial charge in [-0.15, -0.1) is 0 Å². The van der Waals surface area contributed by atoms with Crippen LogP contribution in [0, 0.1) is 0 Å². The molecule has 0 saturated heterocycles. The Morgan fingerprint density at radius 3 is 2.36 bits per heavy atom. The minimum atomic E-state index is -0.513. The first kappa shape index (κ1) is 24.2. The zero-order chi connectivity index (χ0) is 24.3. The predicted molar refractivity (Wildman–Crippen MR) is 126 cm³/mol. The number of esters is 1. The van der Waals surface area contributed by atoms with Gasteiger partial charge in [0.1, 0.15) is 16.2 Å². The minimum Gasteiger partial charge on any atom is -0.462 e. The van der Waals surface area contributed by atoms with E-state index in [1.807, 2.05) is 13.8 Å². The maximum Gasteiger partial charge on any atom is 0.338 e. The van der Waals surface area contributed by atoms with Crippen LogP contribution in [0.25, 0.3) is 11.0 Å². The summed E-state index contributed by atoms with van der Waals surface area (Å²) < 4.78 is 7.24. The molecule has 3 rings (SSSR count). The third-order valence-electron chi connectivity index (χ3n) is 4.82. The van der Waals surface area contributed by atoms with Gasteiger partial charge >= 0.3 is 11.7 Å². The Balaban J connectivity index is 1.84. The highest BCUT2D eigenvalue weighted by Crippen LogP contribution is 2.24. The zero-order valence-electron chi connectivity index (χ0n) is 19.0. The van der Waals surface area contributed by atoms with Gasteiger partial charge in [-0.2, -0.15) is 0 Å². The summed E-state index contributed by atoms with van der Waals surface area (Å²) in [6.07, 6.45) is 0. The summed E-state index contributed by atoms with van der Waals surface area (Å²) >= 11 is 1.09. The van der Waals surface area contributed by atoms with Gasteiger partial charge in [0.25, 0.3) is 5.56 Å². The highest BCUT2D eigenvalue weighted by molar-refractivity contribution is 8.00. The molecule has 0 unspecified atom stereocenters. The number of anilines is 1. The number of ether oxygens (including phenoxy) is 1. The largest absolute Gasteiger partial charge is 0.462 e. The number of nitrogens with one attached hydrogen (secondary N) is 1. The number of carbonyl (C=O) groups excluding carboxylic acids is 2. The van der Waals surface area contributed by atoms with E-state index in [0.29, 0.717) is 22.1 Å². The van der Waals surface area contributed by atoms with E-state index < -0.39 is 17.2 Å². The van der Waals surface area contributed by atoms with E-state index in [0.717, 1.165) is 16.3 Å². The fourth-order valence-electron chi connectivity index (χ4n) is 3.04. The molecule has 10 nitrogen and oxygen atoms in total. The summed E-state index contributed by atoms with van der Waals surface area (Å²) in [7, 11) is 2.93. The van der Waals surface area contributed by atoms with Crippen LogP contribution < -0.4 is 16.6 Å². The first-order valence-electron chi connectivity index (χ1n) is 10.3. The van der Waals surface area contributed by atoms with Crippen molar-refractivity contribution in [2.24, 2.45) is 14.1 Å². The number of fused-ring (bicyclic) bond motifs is 1. The van der Waals surface area contributed by atoms with Crippen LogP contribution in [0.2, 0.25) is 0 Å². The molecule has 3 aromatic rings. The molecule has 1 amide bonds. The number of amides is 1. The highest BCUT2D eigenvalue weighted by atomic mass is 32.2. The van der Waals surface area contributed by atoms with Gasteiger partial charge in [-0.25, -0.2) is 19.6 Å². The molecule has 2 aromatic heterocycles. The molecular formula is C22H25N5O5S. The van der Waals surface area contributed by atoms with Crippen LogP contribution in [0.1, 0.15) is 42.9 Å².